The molecule has 9 heteroatoms. The smallest absolute Gasteiger partial charge is 0.295 e. The highest BCUT2D eigenvalue weighted by atomic mass is 35.5. The maximum Gasteiger partial charge on any atom is 0.295 e. The largest absolute Gasteiger partial charge is 0.426 e. The fourth-order valence-corrected chi connectivity index (χ4v) is 3.35. The molecule has 3 N–H and O–H groups in total. The Morgan fingerprint density at radius 2 is 1.90 bits per heavy atom. The van der Waals surface area contributed by atoms with Crippen LogP contribution in [0.15, 0.2) is 72.4 Å². The summed E-state index contributed by atoms with van der Waals surface area (Å²) >= 11 is 6.09. The van der Waals surface area contributed by atoms with Gasteiger partial charge in [-0.3, -0.25) is 4.98 Å². The maximum absolute atomic E-state index is 9.44. The standard InChI is InChI=1S/C21H15ClN6O2/c22-15-2-1-3-16(8-15)26-19-17-7-12(4-5-18(17)24-11-25-19)13-6-14(10-23-9-13)20-27-28-21(29)30-20/h1-11,21,28-29H,(H,24,25,26). The van der Waals surface area contributed by atoms with Crippen molar-refractivity contribution in [2.75, 3.05) is 5.32 Å². The maximum atomic E-state index is 9.44. The van der Waals surface area contributed by atoms with Gasteiger partial charge in [-0.25, -0.2) is 15.4 Å². The van der Waals surface area contributed by atoms with Crippen LogP contribution in [-0.2, 0) is 4.74 Å². The van der Waals surface area contributed by atoms with Crippen LogP contribution in [-0.4, -0.2) is 32.4 Å². The van der Waals surface area contributed by atoms with Crippen molar-refractivity contribution in [3.8, 4) is 11.1 Å². The summed E-state index contributed by atoms with van der Waals surface area (Å²) in [5.41, 5.74) is 6.52. The number of hydrogen-bond donors (Lipinski definition) is 3. The van der Waals surface area contributed by atoms with E-state index in [1.165, 1.54) is 6.33 Å². The van der Waals surface area contributed by atoms with Crippen LogP contribution in [0.3, 0.4) is 0 Å². The molecule has 1 atom stereocenters. The van der Waals surface area contributed by atoms with Crippen molar-refractivity contribution in [1.82, 2.24) is 20.4 Å². The van der Waals surface area contributed by atoms with Gasteiger partial charge in [-0.05, 0) is 42.0 Å². The number of aromatic nitrogens is 3. The van der Waals surface area contributed by atoms with Gasteiger partial charge in [0.05, 0.1) is 11.1 Å². The summed E-state index contributed by atoms with van der Waals surface area (Å²) in [6, 6.07) is 15.2. The lowest BCUT2D eigenvalue weighted by Crippen LogP contribution is -2.20. The zero-order chi connectivity index (χ0) is 20.5. The third kappa shape index (κ3) is 3.61. The van der Waals surface area contributed by atoms with Gasteiger partial charge < -0.3 is 15.2 Å². The molecule has 0 bridgehead atoms. The Bertz CT molecular complexity index is 1280. The summed E-state index contributed by atoms with van der Waals surface area (Å²) in [6.45, 7) is 0. The Balaban J connectivity index is 1.53. The van der Waals surface area contributed by atoms with Gasteiger partial charge in [-0.2, -0.15) is 0 Å². The average molecular weight is 419 g/mol. The van der Waals surface area contributed by atoms with E-state index in [-0.39, 0.29) is 5.90 Å². The van der Waals surface area contributed by atoms with E-state index >= 15 is 0 Å². The molecule has 5 rings (SSSR count). The minimum Gasteiger partial charge on any atom is -0.426 e. The normalized spacial score (nSPS) is 15.4. The quantitative estimate of drug-likeness (QED) is 0.464. The van der Waals surface area contributed by atoms with E-state index in [4.69, 9.17) is 16.3 Å². The molecule has 0 saturated heterocycles. The summed E-state index contributed by atoms with van der Waals surface area (Å²) in [5.74, 6) is 0.952. The van der Waals surface area contributed by atoms with Crippen molar-refractivity contribution in [2.45, 2.75) is 6.41 Å². The van der Waals surface area contributed by atoms with Crippen LogP contribution < -0.4 is 10.7 Å². The predicted molar refractivity (Wildman–Crippen MR) is 114 cm³/mol. The zero-order valence-corrected chi connectivity index (χ0v) is 16.2. The summed E-state index contributed by atoms with van der Waals surface area (Å²) in [7, 11) is 0. The van der Waals surface area contributed by atoms with E-state index in [1.807, 2.05) is 48.5 Å². The number of pyridine rings is 1. The summed E-state index contributed by atoms with van der Waals surface area (Å²) < 4.78 is 5.22. The molecule has 2 aromatic heterocycles. The highest BCUT2D eigenvalue weighted by Crippen LogP contribution is 2.29. The van der Waals surface area contributed by atoms with Crippen LogP contribution in [0.2, 0.25) is 5.02 Å². The molecular weight excluding hydrogens is 404 g/mol. The highest BCUT2D eigenvalue weighted by Gasteiger charge is 2.18. The number of halogens is 1. The van der Waals surface area contributed by atoms with Crippen LogP contribution >= 0.6 is 11.6 Å². The van der Waals surface area contributed by atoms with Gasteiger partial charge in [-0.1, -0.05) is 23.7 Å². The molecule has 0 spiro atoms. The first kappa shape index (κ1) is 18.3. The number of rotatable bonds is 4. The molecule has 1 unspecified atom stereocenters. The molecule has 30 heavy (non-hydrogen) atoms. The Hall–Kier alpha value is -3.75. The molecule has 148 valence electrons. The van der Waals surface area contributed by atoms with Crippen LogP contribution in [0.1, 0.15) is 5.56 Å². The lowest BCUT2D eigenvalue weighted by atomic mass is 10.0. The van der Waals surface area contributed by atoms with Crippen molar-refractivity contribution < 1.29 is 9.84 Å². The molecule has 0 aliphatic carbocycles. The monoisotopic (exact) mass is 418 g/mol. The molecule has 8 nitrogen and oxygen atoms in total. The summed E-state index contributed by atoms with van der Waals surface area (Å²) in [4.78, 5) is 13.0. The second kappa shape index (κ2) is 7.58. The molecule has 4 aromatic rings. The minimum atomic E-state index is -1.15. The lowest BCUT2D eigenvalue weighted by molar-refractivity contribution is -0.0330. The van der Waals surface area contributed by atoms with E-state index < -0.39 is 6.41 Å². The fraction of sp³-hybridized carbons (Fsp3) is 0.0476. The Labute approximate surface area is 176 Å². The molecule has 1 aliphatic heterocycles. The van der Waals surface area contributed by atoms with E-state index in [1.54, 1.807) is 12.4 Å². The van der Waals surface area contributed by atoms with E-state index in [2.05, 4.69) is 30.8 Å². The first-order valence-corrected chi connectivity index (χ1v) is 9.44. The fourth-order valence-electron chi connectivity index (χ4n) is 3.16. The second-order valence-corrected chi connectivity index (χ2v) is 7.00. The van der Waals surface area contributed by atoms with Gasteiger partial charge in [0, 0.05) is 34.1 Å². The summed E-state index contributed by atoms with van der Waals surface area (Å²) in [5, 5.41) is 18.2. The summed E-state index contributed by atoms with van der Waals surface area (Å²) in [6.07, 6.45) is 3.74. The third-order valence-electron chi connectivity index (χ3n) is 4.54. The molecule has 0 amide bonds. The second-order valence-electron chi connectivity index (χ2n) is 6.57. The van der Waals surface area contributed by atoms with Gasteiger partial charge in [0.25, 0.3) is 6.41 Å². The van der Waals surface area contributed by atoms with Gasteiger partial charge in [-0.15, -0.1) is 5.10 Å². The van der Waals surface area contributed by atoms with E-state index in [9.17, 15) is 5.11 Å². The van der Waals surface area contributed by atoms with Crippen molar-refractivity contribution in [2.24, 2.45) is 5.10 Å². The molecule has 0 radical (unpaired) electrons. The number of aliphatic hydroxyl groups excluding tert-OH is 1. The number of benzene rings is 2. The molecule has 3 heterocycles. The van der Waals surface area contributed by atoms with Gasteiger partial charge in [0.15, 0.2) is 0 Å². The molecule has 2 aromatic carbocycles. The first-order valence-electron chi connectivity index (χ1n) is 9.07. The van der Waals surface area contributed by atoms with Crippen LogP contribution in [0, 0.1) is 0 Å². The van der Waals surface area contributed by atoms with Crippen LogP contribution in [0.5, 0.6) is 0 Å². The molecule has 1 aliphatic rings. The van der Waals surface area contributed by atoms with E-state index in [0.29, 0.717) is 16.4 Å². The number of nitrogens with zero attached hydrogens (tertiary/aromatic N) is 4. The third-order valence-corrected chi connectivity index (χ3v) is 4.78. The van der Waals surface area contributed by atoms with Crippen molar-refractivity contribution >= 4 is 39.9 Å². The number of hydrazone groups is 1. The Morgan fingerprint density at radius 3 is 2.73 bits per heavy atom. The molecular formula is C21H15ClN6O2. The first-order chi connectivity index (χ1) is 14.7. The average Bonchev–Trinajstić information content (AvgIpc) is 3.20. The topological polar surface area (TPSA) is 105 Å². The predicted octanol–water partition coefficient (Wildman–Crippen LogP) is 3.65. The number of nitrogens with one attached hydrogen (secondary N) is 2. The lowest BCUT2D eigenvalue weighted by Gasteiger charge is -2.10. The molecule has 0 saturated carbocycles. The van der Waals surface area contributed by atoms with E-state index in [0.717, 1.165) is 27.7 Å². The molecule has 0 fully saturated rings. The van der Waals surface area contributed by atoms with Gasteiger partial charge in [0.2, 0.25) is 5.90 Å². The Kier molecular flexibility index (Phi) is 4.62. The number of aliphatic hydroxyl groups is 1. The number of ether oxygens (including phenoxy) is 1. The number of fused-ring (bicyclic) bond motifs is 1. The van der Waals surface area contributed by atoms with Gasteiger partial charge >= 0.3 is 0 Å². The van der Waals surface area contributed by atoms with Crippen molar-refractivity contribution in [3.63, 3.8) is 0 Å². The SMILES string of the molecule is OC1NN=C(c2cncc(-c3ccc4ncnc(Nc5cccc(Cl)c5)c4c3)c2)O1. The zero-order valence-electron chi connectivity index (χ0n) is 15.5. The van der Waals surface area contributed by atoms with Crippen molar-refractivity contribution in [1.29, 1.82) is 0 Å². The van der Waals surface area contributed by atoms with Crippen LogP contribution in [0.25, 0.3) is 22.0 Å². The number of anilines is 2. The number of hydrogen-bond acceptors (Lipinski definition) is 8. The van der Waals surface area contributed by atoms with Crippen LogP contribution in [0.4, 0.5) is 11.5 Å². The van der Waals surface area contributed by atoms with Crippen molar-refractivity contribution in [3.05, 3.63) is 77.8 Å². The minimum absolute atomic E-state index is 0.282. The Morgan fingerprint density at radius 1 is 1.00 bits per heavy atom. The highest BCUT2D eigenvalue weighted by molar-refractivity contribution is 6.30. The van der Waals surface area contributed by atoms with Gasteiger partial charge in [0.1, 0.15) is 12.1 Å².